The zero-order valence-electron chi connectivity index (χ0n) is 10.9. The van der Waals surface area contributed by atoms with Crippen LogP contribution in [0.15, 0.2) is 47.5 Å². The molecule has 0 spiro atoms. The number of pyridine rings is 1. The summed E-state index contributed by atoms with van der Waals surface area (Å²) in [4.78, 5) is 3.77. The standard InChI is InChI=1S/C14H14ClNO3S/c1-2-4-11-6-8-12(9-7-11)19-14-13(20(15,17)18)5-3-10-16-14/h3,5-10H,2,4H2,1H3. The molecule has 106 valence electrons. The first-order chi connectivity index (χ1) is 9.50. The van der Waals surface area contributed by atoms with Gasteiger partial charge in [-0.3, -0.25) is 0 Å². The lowest BCUT2D eigenvalue weighted by Gasteiger charge is -2.08. The van der Waals surface area contributed by atoms with Crippen molar-refractivity contribution >= 4 is 19.7 Å². The molecule has 0 radical (unpaired) electrons. The lowest BCUT2D eigenvalue weighted by atomic mass is 10.1. The van der Waals surface area contributed by atoms with Gasteiger partial charge in [0.15, 0.2) is 0 Å². The number of hydrogen-bond donors (Lipinski definition) is 0. The average Bonchev–Trinajstić information content (AvgIpc) is 2.41. The number of ether oxygens (including phenoxy) is 1. The molecule has 20 heavy (non-hydrogen) atoms. The third-order valence-corrected chi connectivity index (χ3v) is 4.01. The summed E-state index contributed by atoms with van der Waals surface area (Å²) in [5, 5.41) is 0. The Bertz CT molecular complexity index is 684. The number of aromatic nitrogens is 1. The first-order valence-corrected chi connectivity index (χ1v) is 8.48. The van der Waals surface area contributed by atoms with Crippen molar-refractivity contribution in [2.45, 2.75) is 24.7 Å². The van der Waals surface area contributed by atoms with Gasteiger partial charge in [0.1, 0.15) is 10.6 Å². The number of halogens is 1. The molecule has 0 unspecified atom stereocenters. The van der Waals surface area contributed by atoms with E-state index in [1.54, 1.807) is 12.1 Å². The summed E-state index contributed by atoms with van der Waals surface area (Å²) < 4.78 is 28.4. The number of hydrogen-bond acceptors (Lipinski definition) is 4. The fourth-order valence-corrected chi connectivity index (χ4v) is 2.66. The van der Waals surface area contributed by atoms with Crippen LogP contribution in [-0.2, 0) is 15.5 Å². The Morgan fingerprint density at radius 1 is 1.20 bits per heavy atom. The van der Waals surface area contributed by atoms with E-state index in [0.717, 1.165) is 12.8 Å². The minimum absolute atomic E-state index is 0.0225. The Morgan fingerprint density at radius 2 is 1.90 bits per heavy atom. The van der Waals surface area contributed by atoms with E-state index < -0.39 is 9.05 Å². The molecule has 0 aliphatic heterocycles. The molecule has 0 fully saturated rings. The van der Waals surface area contributed by atoms with Gasteiger partial charge in [-0.05, 0) is 36.2 Å². The highest BCUT2D eigenvalue weighted by Gasteiger charge is 2.18. The highest BCUT2D eigenvalue weighted by atomic mass is 35.7. The lowest BCUT2D eigenvalue weighted by Crippen LogP contribution is -1.97. The minimum Gasteiger partial charge on any atom is -0.438 e. The van der Waals surface area contributed by atoms with Gasteiger partial charge in [-0.15, -0.1) is 0 Å². The van der Waals surface area contributed by atoms with Gasteiger partial charge in [0.25, 0.3) is 9.05 Å². The third kappa shape index (κ3) is 3.71. The van der Waals surface area contributed by atoms with Crippen LogP contribution in [-0.4, -0.2) is 13.4 Å². The number of nitrogens with zero attached hydrogens (tertiary/aromatic N) is 1. The summed E-state index contributed by atoms with van der Waals surface area (Å²) in [6.45, 7) is 2.11. The fraction of sp³-hybridized carbons (Fsp3) is 0.214. The van der Waals surface area contributed by atoms with Gasteiger partial charge in [0.05, 0.1) is 0 Å². The largest absolute Gasteiger partial charge is 0.438 e. The molecule has 0 atom stereocenters. The second-order valence-electron chi connectivity index (χ2n) is 4.24. The molecule has 0 bridgehead atoms. The van der Waals surface area contributed by atoms with E-state index in [4.69, 9.17) is 15.4 Å². The minimum atomic E-state index is -3.89. The molecule has 0 aliphatic carbocycles. The molecule has 4 nitrogen and oxygen atoms in total. The van der Waals surface area contributed by atoms with Crippen LogP contribution in [0.1, 0.15) is 18.9 Å². The molecular weight excluding hydrogens is 298 g/mol. The van der Waals surface area contributed by atoms with Crippen LogP contribution in [0.3, 0.4) is 0 Å². The molecule has 0 amide bonds. The quantitative estimate of drug-likeness (QED) is 0.789. The van der Waals surface area contributed by atoms with Crippen molar-refractivity contribution in [1.82, 2.24) is 4.98 Å². The van der Waals surface area contributed by atoms with Crippen LogP contribution >= 0.6 is 10.7 Å². The average molecular weight is 312 g/mol. The first kappa shape index (κ1) is 14.8. The van der Waals surface area contributed by atoms with Gasteiger partial charge < -0.3 is 4.74 Å². The Morgan fingerprint density at radius 3 is 2.50 bits per heavy atom. The SMILES string of the molecule is CCCc1ccc(Oc2ncccc2S(=O)(=O)Cl)cc1. The van der Waals surface area contributed by atoms with Gasteiger partial charge >= 0.3 is 0 Å². The number of benzene rings is 1. The zero-order valence-corrected chi connectivity index (χ0v) is 12.5. The molecule has 1 aromatic heterocycles. The second kappa shape index (κ2) is 6.24. The molecule has 2 aromatic rings. The molecule has 2 rings (SSSR count). The van der Waals surface area contributed by atoms with Crippen LogP contribution in [0.5, 0.6) is 11.6 Å². The first-order valence-electron chi connectivity index (χ1n) is 6.17. The summed E-state index contributed by atoms with van der Waals surface area (Å²) in [7, 11) is 1.46. The summed E-state index contributed by atoms with van der Waals surface area (Å²) in [5.41, 5.74) is 1.20. The maximum absolute atomic E-state index is 11.4. The molecule has 0 saturated carbocycles. The Kier molecular flexibility index (Phi) is 4.62. The lowest BCUT2D eigenvalue weighted by molar-refractivity contribution is 0.447. The van der Waals surface area contributed by atoms with Gasteiger partial charge in [-0.2, -0.15) is 0 Å². The van der Waals surface area contributed by atoms with Gasteiger partial charge in [-0.25, -0.2) is 13.4 Å². The maximum atomic E-state index is 11.4. The molecular formula is C14H14ClNO3S. The van der Waals surface area contributed by atoms with Crippen molar-refractivity contribution < 1.29 is 13.2 Å². The molecule has 1 aromatic carbocycles. The van der Waals surface area contributed by atoms with E-state index in [2.05, 4.69) is 11.9 Å². The Balaban J connectivity index is 2.26. The van der Waals surface area contributed by atoms with Crippen LogP contribution in [0.2, 0.25) is 0 Å². The smallest absolute Gasteiger partial charge is 0.266 e. The topological polar surface area (TPSA) is 56.3 Å². The molecule has 0 aliphatic rings. The summed E-state index contributed by atoms with van der Waals surface area (Å²) >= 11 is 0. The van der Waals surface area contributed by atoms with E-state index in [-0.39, 0.29) is 10.8 Å². The van der Waals surface area contributed by atoms with Crippen molar-refractivity contribution in [2.24, 2.45) is 0 Å². The highest BCUT2D eigenvalue weighted by Crippen LogP contribution is 2.28. The van der Waals surface area contributed by atoms with Crippen molar-refractivity contribution in [3.63, 3.8) is 0 Å². The van der Waals surface area contributed by atoms with Crippen LogP contribution in [0.4, 0.5) is 0 Å². The van der Waals surface area contributed by atoms with Crippen molar-refractivity contribution in [2.75, 3.05) is 0 Å². The van der Waals surface area contributed by atoms with E-state index in [0.29, 0.717) is 5.75 Å². The third-order valence-electron chi connectivity index (χ3n) is 2.68. The Hall–Kier alpha value is -1.59. The van der Waals surface area contributed by atoms with Crippen LogP contribution in [0, 0.1) is 0 Å². The van der Waals surface area contributed by atoms with Crippen molar-refractivity contribution in [1.29, 1.82) is 0 Å². The van der Waals surface area contributed by atoms with Gasteiger partial charge in [0.2, 0.25) is 5.88 Å². The predicted molar refractivity (Wildman–Crippen MR) is 77.8 cm³/mol. The maximum Gasteiger partial charge on any atom is 0.266 e. The zero-order chi connectivity index (χ0) is 14.6. The number of rotatable bonds is 5. The van der Waals surface area contributed by atoms with Crippen LogP contribution in [0.25, 0.3) is 0 Å². The van der Waals surface area contributed by atoms with Crippen molar-refractivity contribution in [3.05, 3.63) is 48.2 Å². The van der Waals surface area contributed by atoms with E-state index >= 15 is 0 Å². The van der Waals surface area contributed by atoms with Crippen LogP contribution < -0.4 is 4.74 Å². The summed E-state index contributed by atoms with van der Waals surface area (Å²) in [6.07, 6.45) is 3.51. The van der Waals surface area contributed by atoms with E-state index in [1.165, 1.54) is 23.9 Å². The van der Waals surface area contributed by atoms with E-state index in [9.17, 15) is 8.42 Å². The highest BCUT2D eigenvalue weighted by molar-refractivity contribution is 8.13. The molecule has 0 saturated heterocycles. The normalized spacial score (nSPS) is 11.3. The van der Waals surface area contributed by atoms with E-state index in [1.807, 2.05) is 12.1 Å². The second-order valence-corrected chi connectivity index (χ2v) is 6.77. The number of aryl methyl sites for hydroxylation is 1. The molecule has 1 heterocycles. The summed E-state index contributed by atoms with van der Waals surface area (Å²) in [6, 6.07) is 10.3. The van der Waals surface area contributed by atoms with Gasteiger partial charge in [0, 0.05) is 16.9 Å². The predicted octanol–water partition coefficient (Wildman–Crippen LogP) is 3.75. The fourth-order valence-electron chi connectivity index (χ4n) is 1.76. The summed E-state index contributed by atoms with van der Waals surface area (Å²) in [5.74, 6) is 0.496. The Labute approximate surface area is 122 Å². The van der Waals surface area contributed by atoms with Crippen molar-refractivity contribution in [3.8, 4) is 11.6 Å². The molecule has 6 heteroatoms. The molecule has 0 N–H and O–H groups in total. The van der Waals surface area contributed by atoms with Gasteiger partial charge in [-0.1, -0.05) is 25.5 Å². The monoisotopic (exact) mass is 311 g/mol.